The fourth-order valence-corrected chi connectivity index (χ4v) is 1.90. The SMILES string of the molecule is CCOC(=O)C(CSC)NOCc1ccccc1. The van der Waals surface area contributed by atoms with E-state index in [1.807, 2.05) is 36.6 Å². The van der Waals surface area contributed by atoms with Crippen molar-refractivity contribution in [1.29, 1.82) is 0 Å². The van der Waals surface area contributed by atoms with E-state index in [9.17, 15) is 4.79 Å². The first kappa shape index (κ1) is 15.0. The van der Waals surface area contributed by atoms with Crippen LogP contribution in [0.15, 0.2) is 30.3 Å². The molecule has 0 aliphatic heterocycles. The van der Waals surface area contributed by atoms with Crippen LogP contribution < -0.4 is 5.48 Å². The Kier molecular flexibility index (Phi) is 7.48. The molecule has 1 aromatic carbocycles. The van der Waals surface area contributed by atoms with Crippen molar-refractivity contribution in [1.82, 2.24) is 5.48 Å². The smallest absolute Gasteiger partial charge is 0.326 e. The van der Waals surface area contributed by atoms with E-state index in [-0.39, 0.29) is 5.97 Å². The molecule has 4 nitrogen and oxygen atoms in total. The third-order valence-electron chi connectivity index (χ3n) is 2.21. The number of hydroxylamine groups is 1. The summed E-state index contributed by atoms with van der Waals surface area (Å²) in [4.78, 5) is 16.9. The maximum atomic E-state index is 11.6. The van der Waals surface area contributed by atoms with Crippen molar-refractivity contribution < 1.29 is 14.4 Å². The molecule has 1 aromatic rings. The van der Waals surface area contributed by atoms with Gasteiger partial charge >= 0.3 is 5.97 Å². The van der Waals surface area contributed by atoms with E-state index in [2.05, 4.69) is 5.48 Å². The minimum Gasteiger partial charge on any atom is -0.465 e. The molecule has 0 fully saturated rings. The number of rotatable bonds is 8. The molecule has 5 heteroatoms. The summed E-state index contributed by atoms with van der Waals surface area (Å²) in [6.07, 6.45) is 1.94. The molecule has 18 heavy (non-hydrogen) atoms. The van der Waals surface area contributed by atoms with Gasteiger partial charge in [0, 0.05) is 5.75 Å². The first-order valence-electron chi connectivity index (χ1n) is 5.84. The van der Waals surface area contributed by atoms with Crippen LogP contribution in [0.2, 0.25) is 0 Å². The van der Waals surface area contributed by atoms with Gasteiger partial charge in [-0.05, 0) is 18.7 Å². The van der Waals surface area contributed by atoms with Crippen LogP contribution in [0.5, 0.6) is 0 Å². The highest BCUT2D eigenvalue weighted by Crippen LogP contribution is 2.03. The maximum absolute atomic E-state index is 11.6. The second-order valence-electron chi connectivity index (χ2n) is 3.65. The van der Waals surface area contributed by atoms with Crippen LogP contribution in [-0.2, 0) is 21.0 Å². The molecular weight excluding hydrogens is 250 g/mol. The zero-order chi connectivity index (χ0) is 13.2. The van der Waals surface area contributed by atoms with E-state index in [1.165, 1.54) is 0 Å². The minimum atomic E-state index is -0.427. The van der Waals surface area contributed by atoms with Crippen LogP contribution in [0.4, 0.5) is 0 Å². The van der Waals surface area contributed by atoms with Gasteiger partial charge in [0.25, 0.3) is 0 Å². The van der Waals surface area contributed by atoms with Crippen LogP contribution >= 0.6 is 11.8 Å². The number of carbonyl (C=O) groups excluding carboxylic acids is 1. The Labute approximate surface area is 112 Å². The summed E-state index contributed by atoms with van der Waals surface area (Å²) >= 11 is 1.57. The van der Waals surface area contributed by atoms with Crippen LogP contribution in [0.3, 0.4) is 0 Å². The highest BCUT2D eigenvalue weighted by molar-refractivity contribution is 7.98. The zero-order valence-corrected chi connectivity index (χ0v) is 11.5. The fourth-order valence-electron chi connectivity index (χ4n) is 1.36. The monoisotopic (exact) mass is 269 g/mol. The average Bonchev–Trinajstić information content (AvgIpc) is 2.39. The Balaban J connectivity index is 2.35. The van der Waals surface area contributed by atoms with Crippen molar-refractivity contribution in [2.24, 2.45) is 0 Å². The summed E-state index contributed by atoms with van der Waals surface area (Å²) in [7, 11) is 0. The highest BCUT2D eigenvalue weighted by Gasteiger charge is 2.18. The van der Waals surface area contributed by atoms with Gasteiger partial charge in [-0.15, -0.1) is 0 Å². The maximum Gasteiger partial charge on any atom is 0.326 e. The number of ether oxygens (including phenoxy) is 1. The topological polar surface area (TPSA) is 47.6 Å². The second-order valence-corrected chi connectivity index (χ2v) is 4.56. The van der Waals surface area contributed by atoms with Crippen LogP contribution in [0.25, 0.3) is 0 Å². The lowest BCUT2D eigenvalue weighted by atomic mass is 10.2. The molecule has 0 aliphatic carbocycles. The average molecular weight is 269 g/mol. The molecule has 1 atom stereocenters. The lowest BCUT2D eigenvalue weighted by molar-refractivity contribution is -0.149. The Morgan fingerprint density at radius 2 is 2.11 bits per heavy atom. The van der Waals surface area contributed by atoms with Crippen LogP contribution in [0.1, 0.15) is 12.5 Å². The van der Waals surface area contributed by atoms with E-state index in [1.54, 1.807) is 18.7 Å². The van der Waals surface area contributed by atoms with Crippen molar-refractivity contribution in [3.63, 3.8) is 0 Å². The Morgan fingerprint density at radius 3 is 2.72 bits per heavy atom. The predicted molar refractivity (Wildman–Crippen MR) is 73.2 cm³/mol. The fraction of sp³-hybridized carbons (Fsp3) is 0.462. The molecule has 0 heterocycles. The van der Waals surface area contributed by atoms with E-state index >= 15 is 0 Å². The van der Waals surface area contributed by atoms with Gasteiger partial charge in [0.1, 0.15) is 6.04 Å². The molecule has 0 saturated heterocycles. The molecule has 0 spiro atoms. The summed E-state index contributed by atoms with van der Waals surface area (Å²) in [6, 6.07) is 9.35. The van der Waals surface area contributed by atoms with Gasteiger partial charge in [-0.1, -0.05) is 30.3 Å². The molecule has 0 radical (unpaired) electrons. The first-order chi connectivity index (χ1) is 8.77. The molecule has 0 saturated carbocycles. The molecule has 0 amide bonds. The van der Waals surface area contributed by atoms with Crippen LogP contribution in [0, 0.1) is 0 Å². The summed E-state index contributed by atoms with van der Waals surface area (Å²) in [5.74, 6) is 0.341. The Morgan fingerprint density at radius 1 is 1.39 bits per heavy atom. The lowest BCUT2D eigenvalue weighted by Gasteiger charge is -2.15. The largest absolute Gasteiger partial charge is 0.465 e. The number of nitrogens with one attached hydrogen (secondary N) is 1. The lowest BCUT2D eigenvalue weighted by Crippen LogP contribution is -2.40. The molecule has 0 bridgehead atoms. The Hall–Kier alpha value is -1.04. The van der Waals surface area contributed by atoms with E-state index in [0.717, 1.165) is 5.56 Å². The zero-order valence-electron chi connectivity index (χ0n) is 10.7. The number of thioether (sulfide) groups is 1. The molecule has 1 rings (SSSR count). The second kappa shape index (κ2) is 8.97. The Bertz CT molecular complexity index is 345. The van der Waals surface area contributed by atoms with E-state index < -0.39 is 6.04 Å². The van der Waals surface area contributed by atoms with Gasteiger partial charge in [-0.25, -0.2) is 0 Å². The summed E-state index contributed by atoms with van der Waals surface area (Å²) in [5, 5.41) is 0. The molecule has 1 unspecified atom stereocenters. The van der Waals surface area contributed by atoms with Gasteiger partial charge in [0.2, 0.25) is 0 Å². The van der Waals surface area contributed by atoms with Gasteiger partial charge in [-0.2, -0.15) is 17.2 Å². The quantitative estimate of drug-likeness (QED) is 0.578. The number of esters is 1. The van der Waals surface area contributed by atoms with Crippen molar-refractivity contribution in [3.8, 4) is 0 Å². The predicted octanol–water partition coefficient (Wildman–Crippen LogP) is 2.00. The van der Waals surface area contributed by atoms with Crippen LogP contribution in [-0.4, -0.2) is 30.6 Å². The molecule has 0 aromatic heterocycles. The number of benzene rings is 1. The standard InChI is InChI=1S/C13H19NO3S/c1-3-16-13(15)12(10-18-2)14-17-9-11-7-5-4-6-8-11/h4-8,12,14H,3,9-10H2,1-2H3. The minimum absolute atomic E-state index is 0.278. The molecule has 100 valence electrons. The normalized spacial score (nSPS) is 12.1. The van der Waals surface area contributed by atoms with Gasteiger partial charge in [0.05, 0.1) is 13.2 Å². The van der Waals surface area contributed by atoms with Gasteiger partial charge < -0.3 is 4.74 Å². The third-order valence-corrected chi connectivity index (χ3v) is 2.88. The summed E-state index contributed by atoms with van der Waals surface area (Å²) in [5.41, 5.74) is 3.81. The van der Waals surface area contributed by atoms with Crippen molar-refractivity contribution >= 4 is 17.7 Å². The number of carbonyl (C=O) groups is 1. The van der Waals surface area contributed by atoms with Gasteiger partial charge in [-0.3, -0.25) is 9.63 Å². The van der Waals surface area contributed by atoms with E-state index in [0.29, 0.717) is 19.0 Å². The molecule has 0 aliphatic rings. The highest BCUT2D eigenvalue weighted by atomic mass is 32.2. The third kappa shape index (κ3) is 5.53. The molecular formula is C13H19NO3S. The van der Waals surface area contributed by atoms with Gasteiger partial charge in [0.15, 0.2) is 0 Å². The van der Waals surface area contributed by atoms with E-state index in [4.69, 9.17) is 9.57 Å². The first-order valence-corrected chi connectivity index (χ1v) is 7.24. The molecule has 1 N–H and O–H groups in total. The van der Waals surface area contributed by atoms with Crippen molar-refractivity contribution in [3.05, 3.63) is 35.9 Å². The summed E-state index contributed by atoms with van der Waals surface area (Å²) < 4.78 is 4.96. The number of hydrogen-bond acceptors (Lipinski definition) is 5. The number of hydrogen-bond donors (Lipinski definition) is 1. The van der Waals surface area contributed by atoms with Crippen molar-refractivity contribution in [2.45, 2.75) is 19.6 Å². The summed E-state index contributed by atoms with van der Waals surface area (Å²) in [6.45, 7) is 2.59. The van der Waals surface area contributed by atoms with Crippen molar-refractivity contribution in [2.75, 3.05) is 18.6 Å².